The van der Waals surface area contributed by atoms with E-state index in [1.165, 1.54) is 161 Å². The third-order valence-corrected chi connectivity index (χ3v) is 11.4. The highest BCUT2D eigenvalue weighted by molar-refractivity contribution is 4.99. The van der Waals surface area contributed by atoms with Crippen molar-refractivity contribution in [3.05, 3.63) is 48.6 Å². The van der Waals surface area contributed by atoms with Crippen LogP contribution in [0.5, 0.6) is 0 Å². The number of allylic oxidation sites excluding steroid dienone is 8. The number of nitrogens with zero attached hydrogens (tertiary/aromatic N) is 1. The molecule has 3 heteroatoms. The molecule has 0 radical (unpaired) electrons. The fourth-order valence-corrected chi connectivity index (χ4v) is 8.39. The zero-order valence-electron chi connectivity index (χ0n) is 34.2. The SMILES string of the molecule is CCCCC/C=C\C/C=C\CCCCCCCCC1(CCCCCCCC/C=C\C/C=C\CCCCC)O[C@@H]2C([C@H](CC)N(C)C)CC[C@H]2O1. The quantitative estimate of drug-likeness (QED) is 0.0504. The van der Waals surface area contributed by atoms with Gasteiger partial charge in [-0.2, -0.15) is 0 Å². The third-order valence-electron chi connectivity index (χ3n) is 11.4. The molecule has 0 N–H and O–H groups in total. The molecule has 1 heterocycles. The maximum absolute atomic E-state index is 7.09. The molecule has 1 unspecified atom stereocenters. The normalized spacial score (nSPS) is 21.3. The van der Waals surface area contributed by atoms with E-state index in [0.717, 1.165) is 25.7 Å². The summed E-state index contributed by atoms with van der Waals surface area (Å²) in [6.45, 7) is 6.89. The summed E-state index contributed by atoms with van der Waals surface area (Å²) in [5, 5.41) is 0. The number of rotatable bonds is 33. The van der Waals surface area contributed by atoms with E-state index in [-0.39, 0.29) is 11.9 Å². The second kappa shape index (κ2) is 30.3. The highest BCUT2D eigenvalue weighted by Gasteiger charge is 2.54. The van der Waals surface area contributed by atoms with Crippen molar-refractivity contribution in [2.24, 2.45) is 5.92 Å². The van der Waals surface area contributed by atoms with Crippen LogP contribution in [0.4, 0.5) is 0 Å². The van der Waals surface area contributed by atoms with Gasteiger partial charge in [0.1, 0.15) is 0 Å². The minimum absolute atomic E-state index is 0.288. The van der Waals surface area contributed by atoms with Crippen LogP contribution in [0.3, 0.4) is 0 Å². The Bertz CT molecular complexity index is 840. The molecular weight excluding hydrogens is 611 g/mol. The number of ether oxygens (including phenoxy) is 2. The van der Waals surface area contributed by atoms with Crippen molar-refractivity contribution in [1.29, 1.82) is 0 Å². The largest absolute Gasteiger partial charge is 0.344 e. The van der Waals surface area contributed by atoms with Crippen LogP contribution in [-0.2, 0) is 9.47 Å². The van der Waals surface area contributed by atoms with Gasteiger partial charge in [0, 0.05) is 24.8 Å². The Morgan fingerprint density at radius 1 is 0.520 bits per heavy atom. The Kier molecular flexibility index (Phi) is 27.3. The van der Waals surface area contributed by atoms with Crippen LogP contribution in [0.25, 0.3) is 0 Å². The zero-order chi connectivity index (χ0) is 36.0. The lowest BCUT2D eigenvalue weighted by Crippen LogP contribution is -2.41. The van der Waals surface area contributed by atoms with Gasteiger partial charge in [0.25, 0.3) is 0 Å². The molecule has 2 aliphatic rings. The molecule has 290 valence electrons. The fourth-order valence-electron chi connectivity index (χ4n) is 8.39. The molecule has 0 aromatic carbocycles. The summed E-state index contributed by atoms with van der Waals surface area (Å²) >= 11 is 0. The Labute approximate surface area is 313 Å². The third kappa shape index (κ3) is 20.2. The van der Waals surface area contributed by atoms with Crippen molar-refractivity contribution in [3.8, 4) is 0 Å². The van der Waals surface area contributed by atoms with Crippen molar-refractivity contribution in [1.82, 2.24) is 4.90 Å². The summed E-state index contributed by atoms with van der Waals surface area (Å²) in [5.41, 5.74) is 0. The maximum atomic E-state index is 7.09. The van der Waals surface area contributed by atoms with Crippen molar-refractivity contribution in [3.63, 3.8) is 0 Å². The van der Waals surface area contributed by atoms with Crippen LogP contribution in [0.1, 0.15) is 207 Å². The summed E-state index contributed by atoms with van der Waals surface area (Å²) in [5.74, 6) is 0.275. The average molecular weight is 696 g/mol. The van der Waals surface area contributed by atoms with Gasteiger partial charge in [-0.1, -0.05) is 146 Å². The molecule has 50 heavy (non-hydrogen) atoms. The molecular formula is C47H85NO2. The standard InChI is InChI=1S/C47H85NO2/c1-6-9-11-13-15-17-19-21-23-25-27-29-31-33-35-37-41-47(49-45-40-39-43(46(45)50-47)44(8-3)48(4)5)42-38-36-34-32-30-28-26-24-22-20-18-16-14-12-10-7-2/h15-18,21-24,43-46H,6-14,19-20,25-42H2,1-5H3/b17-15-,18-16-,23-21-,24-22-/t43?,44-,45+,46+/m0/s1. The van der Waals surface area contributed by atoms with Gasteiger partial charge >= 0.3 is 0 Å². The lowest BCUT2D eigenvalue weighted by atomic mass is 9.92. The van der Waals surface area contributed by atoms with E-state index >= 15 is 0 Å². The molecule has 1 aliphatic heterocycles. The molecule has 0 bridgehead atoms. The van der Waals surface area contributed by atoms with Gasteiger partial charge in [-0.25, -0.2) is 0 Å². The second-order valence-corrected chi connectivity index (χ2v) is 16.0. The van der Waals surface area contributed by atoms with Gasteiger partial charge in [-0.15, -0.1) is 0 Å². The van der Waals surface area contributed by atoms with Gasteiger partial charge in [-0.05, 0) is 110 Å². The minimum atomic E-state index is -0.330. The van der Waals surface area contributed by atoms with E-state index in [1.54, 1.807) is 0 Å². The van der Waals surface area contributed by atoms with Crippen molar-refractivity contribution >= 4 is 0 Å². The summed E-state index contributed by atoms with van der Waals surface area (Å²) < 4.78 is 14.1. The number of unbranched alkanes of at least 4 members (excludes halogenated alkanes) is 18. The highest BCUT2D eigenvalue weighted by atomic mass is 16.8. The van der Waals surface area contributed by atoms with E-state index in [2.05, 4.69) is 88.4 Å². The molecule has 1 aliphatic carbocycles. The van der Waals surface area contributed by atoms with Crippen molar-refractivity contribution in [2.75, 3.05) is 14.1 Å². The Morgan fingerprint density at radius 3 is 1.36 bits per heavy atom. The molecule has 0 aromatic rings. The second-order valence-electron chi connectivity index (χ2n) is 16.0. The molecule has 4 atom stereocenters. The predicted octanol–water partition coefficient (Wildman–Crippen LogP) is 14.6. The Morgan fingerprint density at radius 2 is 0.940 bits per heavy atom. The van der Waals surface area contributed by atoms with Gasteiger partial charge in [0.15, 0.2) is 5.79 Å². The van der Waals surface area contributed by atoms with Crippen LogP contribution in [0.2, 0.25) is 0 Å². The molecule has 2 fully saturated rings. The smallest absolute Gasteiger partial charge is 0.169 e. The van der Waals surface area contributed by atoms with E-state index in [0.29, 0.717) is 18.1 Å². The number of hydrogen-bond acceptors (Lipinski definition) is 3. The van der Waals surface area contributed by atoms with Crippen LogP contribution in [0.15, 0.2) is 48.6 Å². The fraction of sp³-hybridized carbons (Fsp3) is 0.830. The molecule has 2 rings (SSSR count). The van der Waals surface area contributed by atoms with E-state index in [9.17, 15) is 0 Å². The first-order valence-electron chi connectivity index (χ1n) is 22.2. The monoisotopic (exact) mass is 696 g/mol. The van der Waals surface area contributed by atoms with Crippen LogP contribution in [0, 0.1) is 5.92 Å². The Balaban J connectivity index is 1.65. The molecule has 1 saturated heterocycles. The first-order chi connectivity index (χ1) is 24.6. The maximum Gasteiger partial charge on any atom is 0.169 e. The summed E-state index contributed by atoms with van der Waals surface area (Å²) in [7, 11) is 4.50. The summed E-state index contributed by atoms with van der Waals surface area (Å²) in [4.78, 5) is 2.43. The van der Waals surface area contributed by atoms with E-state index in [4.69, 9.17) is 9.47 Å². The first-order valence-corrected chi connectivity index (χ1v) is 22.2. The molecule has 0 amide bonds. The van der Waals surface area contributed by atoms with Gasteiger partial charge in [-0.3, -0.25) is 0 Å². The number of hydrogen-bond donors (Lipinski definition) is 0. The lowest BCUT2D eigenvalue weighted by molar-refractivity contribution is -0.196. The molecule has 0 aromatic heterocycles. The van der Waals surface area contributed by atoms with Gasteiger partial charge in [0.05, 0.1) is 12.2 Å². The van der Waals surface area contributed by atoms with E-state index in [1.807, 2.05) is 0 Å². The van der Waals surface area contributed by atoms with Crippen molar-refractivity contribution in [2.45, 2.75) is 231 Å². The number of fused-ring (bicyclic) bond motifs is 1. The molecule has 1 saturated carbocycles. The minimum Gasteiger partial charge on any atom is -0.344 e. The summed E-state index contributed by atoms with van der Waals surface area (Å²) in [6, 6.07) is 0.591. The van der Waals surface area contributed by atoms with Crippen LogP contribution < -0.4 is 0 Å². The first kappa shape index (κ1) is 45.0. The zero-order valence-corrected chi connectivity index (χ0v) is 34.2. The molecule has 0 spiro atoms. The van der Waals surface area contributed by atoms with Crippen LogP contribution >= 0.6 is 0 Å². The van der Waals surface area contributed by atoms with E-state index < -0.39 is 0 Å². The van der Waals surface area contributed by atoms with Gasteiger partial charge < -0.3 is 14.4 Å². The average Bonchev–Trinajstić information content (AvgIpc) is 3.66. The Hall–Kier alpha value is -1.16. The topological polar surface area (TPSA) is 21.7 Å². The molecule has 3 nitrogen and oxygen atoms in total. The lowest BCUT2D eigenvalue weighted by Gasteiger charge is -2.34. The highest BCUT2D eigenvalue weighted by Crippen LogP contribution is 2.47. The van der Waals surface area contributed by atoms with Crippen molar-refractivity contribution < 1.29 is 9.47 Å². The van der Waals surface area contributed by atoms with Crippen LogP contribution in [-0.4, -0.2) is 43.0 Å². The van der Waals surface area contributed by atoms with Gasteiger partial charge in [0.2, 0.25) is 0 Å². The predicted molar refractivity (Wildman–Crippen MR) is 221 cm³/mol. The summed E-state index contributed by atoms with van der Waals surface area (Å²) in [6.07, 6.45) is 56.3.